The molecule has 0 saturated carbocycles. The van der Waals surface area contributed by atoms with Gasteiger partial charge in [0, 0.05) is 0 Å². The molecular formula is C10H22O5. The summed E-state index contributed by atoms with van der Waals surface area (Å²) in [5, 5.41) is 31.5. The molecule has 0 bridgehead atoms. The molecule has 5 heteroatoms. The van der Waals surface area contributed by atoms with Crippen LogP contribution in [0.25, 0.3) is 0 Å². The predicted molar refractivity (Wildman–Crippen MR) is 59.1 cm³/mol. The predicted octanol–water partition coefficient (Wildman–Crippen LogP) is 1.94. The van der Waals surface area contributed by atoms with Gasteiger partial charge in [-0.2, -0.15) is 0 Å². The second-order valence-corrected chi connectivity index (χ2v) is 2.84. The number of aliphatic hydroxyl groups excluding tert-OH is 2. The van der Waals surface area contributed by atoms with Gasteiger partial charge >= 0.3 is 6.16 Å². The van der Waals surface area contributed by atoms with Gasteiger partial charge < -0.3 is 20.4 Å². The van der Waals surface area contributed by atoms with Gasteiger partial charge in [-0.15, -0.1) is 6.58 Å². The van der Waals surface area contributed by atoms with E-state index in [0.29, 0.717) is 6.42 Å². The minimum absolute atomic E-state index is 0.324. The fourth-order valence-corrected chi connectivity index (χ4v) is 0.560. The maximum atomic E-state index is 8.87. The molecule has 0 aromatic heterocycles. The van der Waals surface area contributed by atoms with Crippen molar-refractivity contribution in [1.82, 2.24) is 0 Å². The van der Waals surface area contributed by atoms with E-state index in [2.05, 4.69) is 6.58 Å². The molecule has 5 nitrogen and oxygen atoms in total. The first-order chi connectivity index (χ1) is 6.81. The zero-order valence-corrected chi connectivity index (χ0v) is 9.55. The highest BCUT2D eigenvalue weighted by atomic mass is 16.6. The molecule has 0 aliphatic carbocycles. The van der Waals surface area contributed by atoms with Crippen LogP contribution in [0.15, 0.2) is 12.7 Å². The zero-order chi connectivity index (χ0) is 12.9. The van der Waals surface area contributed by atoms with Crippen LogP contribution in [0.3, 0.4) is 0 Å². The van der Waals surface area contributed by atoms with Gasteiger partial charge in [0.25, 0.3) is 0 Å². The maximum Gasteiger partial charge on any atom is 0.503 e. The van der Waals surface area contributed by atoms with Crippen LogP contribution < -0.4 is 0 Å². The molecule has 0 aromatic carbocycles. The summed E-state index contributed by atoms with van der Waals surface area (Å²) < 4.78 is 0. The number of allylic oxidation sites excluding steroid dienone is 1. The molecule has 0 aliphatic rings. The second-order valence-electron chi connectivity index (χ2n) is 2.84. The average Bonchev–Trinajstić information content (AvgIpc) is 2.03. The first-order valence-electron chi connectivity index (χ1n) is 4.66. The van der Waals surface area contributed by atoms with Gasteiger partial charge in [0.2, 0.25) is 0 Å². The van der Waals surface area contributed by atoms with Crippen molar-refractivity contribution in [2.45, 2.75) is 45.8 Å². The van der Waals surface area contributed by atoms with E-state index in [-0.39, 0.29) is 12.2 Å². The van der Waals surface area contributed by atoms with E-state index in [0.717, 1.165) is 6.42 Å². The minimum Gasteiger partial charge on any atom is -0.450 e. The van der Waals surface area contributed by atoms with Crippen molar-refractivity contribution in [1.29, 1.82) is 0 Å². The van der Waals surface area contributed by atoms with E-state index in [1.54, 1.807) is 13.0 Å². The zero-order valence-electron chi connectivity index (χ0n) is 9.55. The molecule has 0 aliphatic heterocycles. The molecular weight excluding hydrogens is 200 g/mol. The Balaban J connectivity index is -0.000000173. The van der Waals surface area contributed by atoms with Crippen molar-refractivity contribution in [3.05, 3.63) is 12.7 Å². The molecule has 2 atom stereocenters. The van der Waals surface area contributed by atoms with Crippen molar-refractivity contribution in [3.63, 3.8) is 0 Å². The van der Waals surface area contributed by atoms with Crippen molar-refractivity contribution >= 4 is 6.16 Å². The largest absolute Gasteiger partial charge is 0.503 e. The number of aliphatic hydroxyl groups is 2. The molecule has 4 N–H and O–H groups in total. The lowest BCUT2D eigenvalue weighted by Gasteiger charge is -2.08. The monoisotopic (exact) mass is 222 g/mol. The Morgan fingerprint density at radius 3 is 1.73 bits per heavy atom. The summed E-state index contributed by atoms with van der Waals surface area (Å²) >= 11 is 0. The van der Waals surface area contributed by atoms with Gasteiger partial charge in [-0.25, -0.2) is 4.79 Å². The summed E-state index contributed by atoms with van der Waals surface area (Å²) in [5.74, 6) is 0. The van der Waals surface area contributed by atoms with Crippen molar-refractivity contribution in [2.75, 3.05) is 0 Å². The molecule has 2 unspecified atom stereocenters. The molecule has 0 aromatic rings. The van der Waals surface area contributed by atoms with E-state index in [9.17, 15) is 0 Å². The fourth-order valence-electron chi connectivity index (χ4n) is 0.560. The third-order valence-corrected chi connectivity index (χ3v) is 1.08. The standard InChI is InChI=1S/C6H14O2.C3H6.CH2O3/c1-3-6(8)4-5(2)7;1-3-2;2-1(3)4/h5-8H,3-4H2,1-2H3;3H,1H2,2H3;(H2,2,3,4). The molecule has 0 radical (unpaired) electrons. The van der Waals surface area contributed by atoms with E-state index >= 15 is 0 Å². The molecule has 0 saturated heterocycles. The van der Waals surface area contributed by atoms with E-state index in [1.165, 1.54) is 0 Å². The van der Waals surface area contributed by atoms with Gasteiger partial charge in [-0.05, 0) is 26.7 Å². The fraction of sp³-hybridized carbons (Fsp3) is 0.700. The molecule has 0 heterocycles. The Bertz CT molecular complexity index is 141. The minimum atomic E-state index is -1.83. The van der Waals surface area contributed by atoms with Gasteiger partial charge in [-0.3, -0.25) is 0 Å². The van der Waals surface area contributed by atoms with Gasteiger partial charge in [0.1, 0.15) is 0 Å². The summed E-state index contributed by atoms with van der Waals surface area (Å²) in [6.07, 6.45) is 0.446. The molecule has 0 spiro atoms. The van der Waals surface area contributed by atoms with Gasteiger partial charge in [0.15, 0.2) is 0 Å². The first kappa shape index (κ1) is 19.5. The Morgan fingerprint density at radius 2 is 1.67 bits per heavy atom. The molecule has 0 amide bonds. The summed E-state index contributed by atoms with van der Waals surface area (Å²) in [5.41, 5.74) is 0. The maximum absolute atomic E-state index is 8.87. The highest BCUT2D eigenvalue weighted by Gasteiger charge is 2.03. The lowest BCUT2D eigenvalue weighted by molar-refractivity contribution is 0.0883. The van der Waals surface area contributed by atoms with Crippen molar-refractivity contribution < 1.29 is 25.2 Å². The van der Waals surface area contributed by atoms with Gasteiger partial charge in [0.05, 0.1) is 12.2 Å². The van der Waals surface area contributed by atoms with E-state index in [1.807, 2.05) is 13.8 Å². The van der Waals surface area contributed by atoms with Crippen molar-refractivity contribution in [3.8, 4) is 0 Å². The third-order valence-electron chi connectivity index (χ3n) is 1.08. The summed E-state index contributed by atoms with van der Waals surface area (Å²) in [6.45, 7) is 8.83. The lowest BCUT2D eigenvalue weighted by Crippen LogP contribution is -2.13. The quantitative estimate of drug-likeness (QED) is 0.547. The van der Waals surface area contributed by atoms with Crippen LogP contribution in [0, 0.1) is 0 Å². The van der Waals surface area contributed by atoms with Crippen LogP contribution in [0.5, 0.6) is 0 Å². The van der Waals surface area contributed by atoms with Gasteiger partial charge in [-0.1, -0.05) is 13.0 Å². The molecule has 0 fully saturated rings. The normalized spacial score (nSPS) is 12.1. The Kier molecular flexibility index (Phi) is 20.0. The number of hydrogen-bond acceptors (Lipinski definition) is 3. The Morgan fingerprint density at radius 1 is 1.40 bits per heavy atom. The smallest absolute Gasteiger partial charge is 0.450 e. The third kappa shape index (κ3) is 63.6. The summed E-state index contributed by atoms with van der Waals surface area (Å²) in [4.78, 5) is 8.56. The van der Waals surface area contributed by atoms with Crippen LogP contribution in [0.1, 0.15) is 33.6 Å². The highest BCUT2D eigenvalue weighted by Crippen LogP contribution is 1.99. The van der Waals surface area contributed by atoms with Crippen LogP contribution in [-0.4, -0.2) is 38.8 Å². The molecule has 15 heavy (non-hydrogen) atoms. The highest BCUT2D eigenvalue weighted by molar-refractivity contribution is 5.53. The van der Waals surface area contributed by atoms with Crippen molar-refractivity contribution in [2.24, 2.45) is 0 Å². The topological polar surface area (TPSA) is 98.0 Å². The Labute approximate surface area is 90.7 Å². The number of rotatable bonds is 3. The van der Waals surface area contributed by atoms with Crippen LogP contribution in [0.4, 0.5) is 4.79 Å². The number of carbonyl (C=O) groups is 1. The SMILES string of the molecule is C=CC.CCC(O)CC(C)O.O=C(O)O. The Hall–Kier alpha value is -1.07. The number of carboxylic acid groups (broad SMARTS) is 2. The number of hydrogen-bond donors (Lipinski definition) is 4. The molecule has 0 rings (SSSR count). The molecule has 92 valence electrons. The average molecular weight is 222 g/mol. The second kappa shape index (κ2) is 15.4. The van der Waals surface area contributed by atoms with E-state index in [4.69, 9.17) is 25.2 Å². The first-order valence-corrected chi connectivity index (χ1v) is 4.66. The summed E-state index contributed by atoms with van der Waals surface area (Å²) in [6, 6.07) is 0. The van der Waals surface area contributed by atoms with Crippen LogP contribution in [-0.2, 0) is 0 Å². The van der Waals surface area contributed by atoms with E-state index < -0.39 is 6.16 Å². The van der Waals surface area contributed by atoms with Crippen LogP contribution in [0.2, 0.25) is 0 Å². The summed E-state index contributed by atoms with van der Waals surface area (Å²) in [7, 11) is 0. The van der Waals surface area contributed by atoms with Crippen LogP contribution >= 0.6 is 0 Å². The lowest BCUT2D eigenvalue weighted by atomic mass is 10.1.